The lowest BCUT2D eigenvalue weighted by Gasteiger charge is -2.04. The average Bonchev–Trinajstić information content (AvgIpc) is 2.96. The van der Waals surface area contributed by atoms with Crippen molar-refractivity contribution in [2.24, 2.45) is 10.2 Å². The molecule has 0 unspecified atom stereocenters. The third-order valence-corrected chi connectivity index (χ3v) is 4.30. The first-order chi connectivity index (χ1) is 13.5. The van der Waals surface area contributed by atoms with Crippen molar-refractivity contribution in [1.82, 2.24) is 4.57 Å². The molecule has 7 heteroatoms. The number of hydrogen-bond acceptors (Lipinski definition) is 5. The second-order valence-corrected chi connectivity index (χ2v) is 6.40. The Hall–Kier alpha value is -3.35. The predicted octanol–water partition coefficient (Wildman–Crippen LogP) is 4.76. The van der Waals surface area contributed by atoms with Crippen LogP contribution in [-0.4, -0.2) is 29.3 Å². The topological polar surface area (TPSA) is 85.4 Å². The van der Waals surface area contributed by atoms with Gasteiger partial charge in [-0.3, -0.25) is 4.79 Å². The first-order valence-corrected chi connectivity index (χ1v) is 9.06. The Bertz CT molecular complexity index is 1010. The molecule has 28 heavy (non-hydrogen) atoms. The molecule has 0 aliphatic rings. The summed E-state index contributed by atoms with van der Waals surface area (Å²) in [6.45, 7) is 4.39. The second-order valence-electron chi connectivity index (χ2n) is 6.40. The zero-order chi connectivity index (χ0) is 20.1. The van der Waals surface area contributed by atoms with E-state index in [1.807, 2.05) is 32.0 Å². The number of nitrogens with zero attached hydrogens (tertiary/aromatic N) is 3. The molecule has 1 aromatic heterocycles. The summed E-state index contributed by atoms with van der Waals surface area (Å²) in [5, 5.41) is 19.1. The van der Waals surface area contributed by atoms with E-state index in [2.05, 4.69) is 10.2 Å². The van der Waals surface area contributed by atoms with Crippen molar-refractivity contribution in [3.63, 3.8) is 0 Å². The van der Waals surface area contributed by atoms with Gasteiger partial charge in [0.25, 0.3) is 0 Å². The number of rotatable bonds is 7. The van der Waals surface area contributed by atoms with Gasteiger partial charge in [0.1, 0.15) is 11.5 Å². The summed E-state index contributed by atoms with van der Waals surface area (Å²) in [5.41, 5.74) is 2.19. The average molecular weight is 381 g/mol. The number of benzene rings is 2. The fraction of sp³-hybridized carbons (Fsp3) is 0.286. The van der Waals surface area contributed by atoms with Crippen molar-refractivity contribution in [3.8, 4) is 17.4 Å². The van der Waals surface area contributed by atoms with Crippen molar-refractivity contribution in [2.75, 3.05) is 13.7 Å². The van der Waals surface area contributed by atoms with E-state index in [1.165, 1.54) is 0 Å². The lowest BCUT2D eigenvalue weighted by molar-refractivity contribution is -0.120. The van der Waals surface area contributed by atoms with Crippen LogP contribution in [0.5, 0.6) is 17.4 Å². The summed E-state index contributed by atoms with van der Waals surface area (Å²) in [7, 11) is 1.58. The normalized spacial score (nSPS) is 11.2. The molecule has 0 saturated carbocycles. The molecule has 0 fully saturated rings. The molecule has 2 aromatic carbocycles. The van der Waals surface area contributed by atoms with E-state index in [1.54, 1.807) is 35.9 Å². The van der Waals surface area contributed by atoms with Crippen molar-refractivity contribution in [3.05, 3.63) is 48.0 Å². The molecule has 1 amide bonds. The monoisotopic (exact) mass is 381 g/mol. The number of amides is 1. The summed E-state index contributed by atoms with van der Waals surface area (Å²) in [5.74, 6) is 0.698. The van der Waals surface area contributed by atoms with E-state index in [-0.39, 0.29) is 12.5 Å². The van der Waals surface area contributed by atoms with Gasteiger partial charge in [0.15, 0.2) is 12.3 Å². The van der Waals surface area contributed by atoms with Crippen LogP contribution in [-0.2, 0) is 11.3 Å². The van der Waals surface area contributed by atoms with Gasteiger partial charge < -0.3 is 19.1 Å². The number of aromatic hydroxyl groups is 1. The number of fused-ring (bicyclic) bond motifs is 1. The van der Waals surface area contributed by atoms with Crippen LogP contribution in [0.15, 0.2) is 52.7 Å². The highest BCUT2D eigenvalue weighted by molar-refractivity contribution is 5.95. The summed E-state index contributed by atoms with van der Waals surface area (Å²) < 4.78 is 12.3. The molecule has 7 nitrogen and oxygen atoms in total. The quantitative estimate of drug-likeness (QED) is 0.598. The zero-order valence-electron chi connectivity index (χ0n) is 16.2. The minimum absolute atomic E-state index is 0.00933. The number of azo groups is 1. The summed E-state index contributed by atoms with van der Waals surface area (Å²) in [6.07, 6.45) is 0.858. The molecular formula is C21H23N3O4. The van der Waals surface area contributed by atoms with Crippen molar-refractivity contribution in [2.45, 2.75) is 26.8 Å². The number of aryl methyl sites for hydroxylation is 2. The summed E-state index contributed by atoms with van der Waals surface area (Å²) in [4.78, 5) is 12.1. The highest BCUT2D eigenvalue weighted by Gasteiger charge is 2.16. The molecule has 0 spiro atoms. The highest BCUT2D eigenvalue weighted by Crippen LogP contribution is 2.39. The van der Waals surface area contributed by atoms with Gasteiger partial charge in [-0.05, 0) is 49.7 Å². The summed E-state index contributed by atoms with van der Waals surface area (Å²) in [6, 6.07) is 12.7. The molecule has 3 aromatic rings. The van der Waals surface area contributed by atoms with Crippen LogP contribution in [0.1, 0.15) is 18.9 Å². The smallest absolute Gasteiger partial charge is 0.302 e. The fourth-order valence-corrected chi connectivity index (χ4v) is 2.94. The Morgan fingerprint density at radius 1 is 1.14 bits per heavy atom. The van der Waals surface area contributed by atoms with Gasteiger partial charge in [-0.1, -0.05) is 18.6 Å². The van der Waals surface area contributed by atoms with Crippen LogP contribution in [0.3, 0.4) is 0 Å². The molecule has 0 bridgehead atoms. The molecule has 3 rings (SSSR count). The van der Waals surface area contributed by atoms with E-state index >= 15 is 0 Å². The third-order valence-electron chi connectivity index (χ3n) is 4.30. The van der Waals surface area contributed by atoms with Crippen LogP contribution in [0.4, 0.5) is 5.69 Å². The lowest BCUT2D eigenvalue weighted by Crippen LogP contribution is -2.07. The SMILES string of the molecule is CCCn1c(O)c(N=NC(=O)COc2ccc(OC)cc2)c2cc(C)ccc21. The van der Waals surface area contributed by atoms with Gasteiger partial charge in [0, 0.05) is 11.9 Å². The second kappa shape index (κ2) is 8.56. The fourth-order valence-electron chi connectivity index (χ4n) is 2.94. The van der Waals surface area contributed by atoms with Gasteiger partial charge in [-0.2, -0.15) is 0 Å². The Morgan fingerprint density at radius 3 is 2.54 bits per heavy atom. The number of carbonyl (C=O) groups excluding carboxylic acids is 1. The highest BCUT2D eigenvalue weighted by atomic mass is 16.5. The minimum Gasteiger partial charge on any atom is -0.497 e. The standard InChI is InChI=1S/C21H23N3O4/c1-4-11-24-18-10-5-14(2)12-17(18)20(21(24)26)23-22-19(25)13-28-16-8-6-15(27-3)7-9-16/h5-10,12,26H,4,11,13H2,1-3H3. The van der Waals surface area contributed by atoms with E-state index in [9.17, 15) is 9.90 Å². The van der Waals surface area contributed by atoms with Crippen molar-refractivity contribution < 1.29 is 19.4 Å². The van der Waals surface area contributed by atoms with E-state index < -0.39 is 5.91 Å². The Labute approximate surface area is 163 Å². The molecular weight excluding hydrogens is 358 g/mol. The first kappa shape index (κ1) is 19.4. The largest absolute Gasteiger partial charge is 0.497 e. The van der Waals surface area contributed by atoms with Crippen LogP contribution in [0, 0.1) is 6.92 Å². The molecule has 0 saturated heterocycles. The van der Waals surface area contributed by atoms with Crippen LogP contribution in [0.25, 0.3) is 10.9 Å². The lowest BCUT2D eigenvalue weighted by atomic mass is 10.1. The summed E-state index contributed by atoms with van der Waals surface area (Å²) >= 11 is 0. The van der Waals surface area contributed by atoms with E-state index in [0.29, 0.717) is 23.7 Å². The van der Waals surface area contributed by atoms with E-state index in [0.717, 1.165) is 22.9 Å². The molecule has 0 aliphatic heterocycles. The van der Waals surface area contributed by atoms with Crippen LogP contribution in [0.2, 0.25) is 0 Å². The number of methoxy groups -OCH3 is 1. The molecule has 0 radical (unpaired) electrons. The minimum atomic E-state index is -0.542. The Balaban J connectivity index is 1.77. The van der Waals surface area contributed by atoms with Crippen LogP contribution >= 0.6 is 0 Å². The van der Waals surface area contributed by atoms with Gasteiger partial charge in [0.2, 0.25) is 5.88 Å². The molecule has 0 atom stereocenters. The third kappa shape index (κ3) is 4.14. The van der Waals surface area contributed by atoms with Crippen molar-refractivity contribution >= 4 is 22.5 Å². The van der Waals surface area contributed by atoms with Crippen molar-refractivity contribution in [1.29, 1.82) is 0 Å². The number of ether oxygens (including phenoxy) is 2. The molecule has 1 N–H and O–H groups in total. The maximum atomic E-state index is 12.1. The van der Waals surface area contributed by atoms with Gasteiger partial charge in [0.05, 0.1) is 12.6 Å². The Morgan fingerprint density at radius 2 is 1.86 bits per heavy atom. The maximum absolute atomic E-state index is 12.1. The number of aromatic nitrogens is 1. The predicted molar refractivity (Wildman–Crippen MR) is 107 cm³/mol. The van der Waals surface area contributed by atoms with E-state index in [4.69, 9.17) is 9.47 Å². The number of carbonyl (C=O) groups is 1. The van der Waals surface area contributed by atoms with Gasteiger partial charge in [-0.25, -0.2) is 0 Å². The maximum Gasteiger partial charge on any atom is 0.302 e. The molecule has 0 aliphatic carbocycles. The Kier molecular flexibility index (Phi) is 5.93. The van der Waals surface area contributed by atoms with Gasteiger partial charge >= 0.3 is 5.91 Å². The zero-order valence-corrected chi connectivity index (χ0v) is 16.2. The number of hydrogen-bond donors (Lipinski definition) is 1. The molecule has 146 valence electrons. The molecule has 1 heterocycles. The van der Waals surface area contributed by atoms with Gasteiger partial charge in [-0.15, -0.1) is 10.2 Å². The van der Waals surface area contributed by atoms with Crippen LogP contribution < -0.4 is 9.47 Å². The first-order valence-electron chi connectivity index (χ1n) is 9.06.